The number of hydrogen-bond donors (Lipinski definition) is 1. The minimum absolute atomic E-state index is 0.524. The summed E-state index contributed by atoms with van der Waals surface area (Å²) in [7, 11) is 0. The van der Waals surface area contributed by atoms with Gasteiger partial charge in [-0.15, -0.1) is 0 Å². The molecule has 2 aromatic rings. The van der Waals surface area contributed by atoms with Crippen molar-refractivity contribution in [2.45, 2.75) is 13.1 Å². The smallest absolute Gasteiger partial charge is 0.159 e. The van der Waals surface area contributed by atoms with E-state index in [9.17, 15) is 0 Å². The summed E-state index contributed by atoms with van der Waals surface area (Å²) in [6, 6.07) is 0. The zero-order chi connectivity index (χ0) is 9.97. The topological polar surface area (TPSA) is 61.7 Å². The lowest BCUT2D eigenvalue weighted by Crippen LogP contribution is -2.06. The number of halogens is 1. The molecule has 0 atom stereocenters. The first kappa shape index (κ1) is 9.26. The molecule has 74 valence electrons. The molecule has 2 heterocycles. The number of aryl methyl sites for hydroxylation is 2. The molecule has 14 heavy (non-hydrogen) atoms. The molecule has 5 nitrogen and oxygen atoms in total. The molecule has 0 bridgehead atoms. The van der Waals surface area contributed by atoms with Gasteiger partial charge in [0.05, 0.1) is 17.3 Å². The largest absolute Gasteiger partial charge is 0.381 e. The minimum Gasteiger partial charge on any atom is -0.381 e. The fourth-order valence-corrected chi connectivity index (χ4v) is 1.48. The van der Waals surface area contributed by atoms with Crippen molar-refractivity contribution < 1.29 is 0 Å². The maximum atomic E-state index is 5.59. The van der Waals surface area contributed by atoms with Crippen LogP contribution in [0.25, 0.3) is 0 Å². The maximum absolute atomic E-state index is 5.59. The maximum Gasteiger partial charge on any atom is 0.159 e. The highest BCUT2D eigenvalue weighted by Gasteiger charge is 2.01. The highest BCUT2D eigenvalue weighted by atomic mass is 79.9. The van der Waals surface area contributed by atoms with Crippen LogP contribution in [0.3, 0.4) is 0 Å². The van der Waals surface area contributed by atoms with Crippen molar-refractivity contribution in [2.24, 2.45) is 0 Å². The predicted molar refractivity (Wildman–Crippen MR) is 56.6 cm³/mol. The third kappa shape index (κ3) is 1.95. The SMILES string of the molecule is Nc1nn(CCn2ccnc2)cc1Br. The van der Waals surface area contributed by atoms with Crippen molar-refractivity contribution in [3.05, 3.63) is 29.4 Å². The zero-order valence-corrected chi connectivity index (χ0v) is 9.05. The lowest BCUT2D eigenvalue weighted by atomic mass is 10.6. The average Bonchev–Trinajstić information content (AvgIpc) is 2.74. The lowest BCUT2D eigenvalue weighted by Gasteiger charge is -2.01. The number of anilines is 1. The van der Waals surface area contributed by atoms with Crippen molar-refractivity contribution in [1.82, 2.24) is 19.3 Å². The first-order chi connectivity index (χ1) is 6.75. The molecule has 0 radical (unpaired) electrons. The van der Waals surface area contributed by atoms with Crippen LogP contribution in [-0.4, -0.2) is 19.3 Å². The van der Waals surface area contributed by atoms with Crippen LogP contribution in [0.2, 0.25) is 0 Å². The summed E-state index contributed by atoms with van der Waals surface area (Å²) in [4.78, 5) is 3.96. The molecule has 2 N–H and O–H groups in total. The van der Waals surface area contributed by atoms with E-state index in [2.05, 4.69) is 26.0 Å². The second-order valence-electron chi connectivity index (χ2n) is 2.93. The average molecular weight is 256 g/mol. The van der Waals surface area contributed by atoms with Crippen LogP contribution in [0.5, 0.6) is 0 Å². The number of nitrogens with zero attached hydrogens (tertiary/aromatic N) is 4. The quantitative estimate of drug-likeness (QED) is 0.895. The van der Waals surface area contributed by atoms with Crippen LogP contribution in [0.15, 0.2) is 29.4 Å². The van der Waals surface area contributed by atoms with E-state index in [0.717, 1.165) is 17.6 Å². The molecule has 0 amide bonds. The summed E-state index contributed by atoms with van der Waals surface area (Å²) in [5.41, 5.74) is 5.59. The van der Waals surface area contributed by atoms with Gasteiger partial charge in [0.25, 0.3) is 0 Å². The molecule has 0 spiro atoms. The zero-order valence-electron chi connectivity index (χ0n) is 7.47. The normalized spacial score (nSPS) is 10.6. The molecule has 6 heteroatoms. The highest BCUT2D eigenvalue weighted by molar-refractivity contribution is 9.10. The summed E-state index contributed by atoms with van der Waals surface area (Å²) >= 11 is 3.31. The molecular weight excluding hydrogens is 246 g/mol. The van der Waals surface area contributed by atoms with Gasteiger partial charge in [-0.3, -0.25) is 4.68 Å². The van der Waals surface area contributed by atoms with Gasteiger partial charge in [0.2, 0.25) is 0 Å². The van der Waals surface area contributed by atoms with Crippen LogP contribution in [0.1, 0.15) is 0 Å². The van der Waals surface area contributed by atoms with E-state index in [4.69, 9.17) is 5.73 Å². The molecular formula is C8H10BrN5. The van der Waals surface area contributed by atoms with Gasteiger partial charge in [-0.25, -0.2) is 4.98 Å². The van der Waals surface area contributed by atoms with Gasteiger partial charge in [0.15, 0.2) is 5.82 Å². The van der Waals surface area contributed by atoms with Gasteiger partial charge in [-0.05, 0) is 15.9 Å². The van der Waals surface area contributed by atoms with Gasteiger partial charge in [0.1, 0.15) is 0 Å². The molecule has 2 rings (SSSR count). The molecule has 0 fully saturated rings. The Kier molecular flexibility index (Phi) is 2.53. The van der Waals surface area contributed by atoms with E-state index in [1.54, 1.807) is 17.2 Å². The van der Waals surface area contributed by atoms with Crippen LogP contribution in [0, 0.1) is 0 Å². The summed E-state index contributed by atoms with van der Waals surface area (Å²) in [6.07, 6.45) is 7.32. The Bertz CT molecular complexity index is 386. The van der Waals surface area contributed by atoms with Gasteiger partial charge in [0, 0.05) is 25.1 Å². The summed E-state index contributed by atoms with van der Waals surface area (Å²) in [6.45, 7) is 1.62. The van der Waals surface area contributed by atoms with Gasteiger partial charge < -0.3 is 10.3 Å². The number of nitrogens with two attached hydrogens (primary N) is 1. The third-order valence-corrected chi connectivity index (χ3v) is 2.50. The number of hydrogen-bond acceptors (Lipinski definition) is 3. The van der Waals surface area contributed by atoms with E-state index >= 15 is 0 Å². The van der Waals surface area contributed by atoms with E-state index in [1.807, 2.05) is 17.0 Å². The molecule has 0 aromatic carbocycles. The van der Waals surface area contributed by atoms with E-state index in [1.165, 1.54) is 0 Å². The summed E-state index contributed by atoms with van der Waals surface area (Å²) in [5, 5.41) is 4.12. The van der Waals surface area contributed by atoms with Crippen molar-refractivity contribution in [3.63, 3.8) is 0 Å². The molecule has 2 aromatic heterocycles. The van der Waals surface area contributed by atoms with Crippen LogP contribution in [0.4, 0.5) is 5.82 Å². The van der Waals surface area contributed by atoms with Crippen molar-refractivity contribution in [1.29, 1.82) is 0 Å². The van der Waals surface area contributed by atoms with Gasteiger partial charge >= 0.3 is 0 Å². The predicted octanol–water partition coefficient (Wildman–Crippen LogP) is 1.12. The van der Waals surface area contributed by atoms with E-state index in [-0.39, 0.29) is 0 Å². The third-order valence-electron chi connectivity index (χ3n) is 1.89. The Morgan fingerprint density at radius 2 is 2.29 bits per heavy atom. The first-order valence-corrected chi connectivity index (χ1v) is 4.99. The lowest BCUT2D eigenvalue weighted by molar-refractivity contribution is 0.534. The summed E-state index contributed by atoms with van der Waals surface area (Å²) < 4.78 is 4.63. The Morgan fingerprint density at radius 1 is 1.43 bits per heavy atom. The highest BCUT2D eigenvalue weighted by Crippen LogP contribution is 2.15. The minimum atomic E-state index is 0.524. The molecule has 0 saturated carbocycles. The first-order valence-electron chi connectivity index (χ1n) is 4.20. The van der Waals surface area contributed by atoms with Crippen molar-refractivity contribution >= 4 is 21.7 Å². The second kappa shape index (κ2) is 3.83. The van der Waals surface area contributed by atoms with Crippen LogP contribution >= 0.6 is 15.9 Å². The van der Waals surface area contributed by atoms with E-state index in [0.29, 0.717) is 5.82 Å². The monoisotopic (exact) mass is 255 g/mol. The van der Waals surface area contributed by atoms with Crippen LogP contribution < -0.4 is 5.73 Å². The fraction of sp³-hybridized carbons (Fsp3) is 0.250. The Labute approximate surface area is 89.7 Å². The second-order valence-corrected chi connectivity index (χ2v) is 3.78. The fourth-order valence-electron chi connectivity index (χ4n) is 1.16. The van der Waals surface area contributed by atoms with Crippen LogP contribution in [-0.2, 0) is 13.1 Å². The van der Waals surface area contributed by atoms with Gasteiger partial charge in [-0.2, -0.15) is 5.10 Å². The molecule has 0 aliphatic rings. The Morgan fingerprint density at radius 3 is 2.86 bits per heavy atom. The molecule has 0 aliphatic heterocycles. The van der Waals surface area contributed by atoms with E-state index < -0.39 is 0 Å². The number of rotatable bonds is 3. The molecule has 0 unspecified atom stereocenters. The Hall–Kier alpha value is -1.30. The number of imidazole rings is 1. The molecule has 0 aliphatic carbocycles. The standard InChI is InChI=1S/C8H10BrN5/c9-7-5-14(12-8(7)10)4-3-13-2-1-11-6-13/h1-2,5-6H,3-4H2,(H2,10,12). The molecule has 0 saturated heterocycles. The number of nitrogen functional groups attached to an aromatic ring is 1. The van der Waals surface area contributed by atoms with Crippen molar-refractivity contribution in [3.8, 4) is 0 Å². The van der Waals surface area contributed by atoms with Crippen molar-refractivity contribution in [2.75, 3.05) is 5.73 Å². The number of aromatic nitrogens is 4. The Balaban J connectivity index is 1.98. The summed E-state index contributed by atoms with van der Waals surface area (Å²) in [5.74, 6) is 0.524. The van der Waals surface area contributed by atoms with Gasteiger partial charge in [-0.1, -0.05) is 0 Å².